The maximum atomic E-state index is 9.66. The zero-order valence-electron chi connectivity index (χ0n) is 9.35. The van der Waals surface area contributed by atoms with Crippen LogP contribution in [0.3, 0.4) is 0 Å². The van der Waals surface area contributed by atoms with Gasteiger partial charge in [0.1, 0.15) is 5.82 Å². The third-order valence-corrected chi connectivity index (χ3v) is 3.22. The van der Waals surface area contributed by atoms with Crippen molar-refractivity contribution in [3.8, 4) is 0 Å². The van der Waals surface area contributed by atoms with Gasteiger partial charge in [-0.25, -0.2) is 4.98 Å². The first kappa shape index (κ1) is 10.4. The molecule has 3 heteroatoms. The molecule has 0 radical (unpaired) electrons. The van der Waals surface area contributed by atoms with E-state index in [0.29, 0.717) is 6.04 Å². The predicted molar refractivity (Wildman–Crippen MR) is 60.9 cm³/mol. The van der Waals surface area contributed by atoms with Crippen LogP contribution in [0.2, 0.25) is 0 Å². The molecule has 0 bridgehead atoms. The molecule has 0 aromatic carbocycles. The highest BCUT2D eigenvalue weighted by Crippen LogP contribution is 2.30. The van der Waals surface area contributed by atoms with Crippen LogP contribution in [-0.2, 0) is 0 Å². The van der Waals surface area contributed by atoms with Gasteiger partial charge < -0.3 is 10.0 Å². The van der Waals surface area contributed by atoms with Crippen LogP contribution in [0.15, 0.2) is 18.3 Å². The molecule has 1 aliphatic carbocycles. The van der Waals surface area contributed by atoms with Crippen molar-refractivity contribution in [2.24, 2.45) is 0 Å². The molecule has 0 saturated heterocycles. The Morgan fingerprint density at radius 1 is 1.53 bits per heavy atom. The molecule has 3 nitrogen and oxygen atoms in total. The van der Waals surface area contributed by atoms with Crippen LogP contribution in [0.25, 0.3) is 0 Å². The molecule has 1 saturated carbocycles. The van der Waals surface area contributed by atoms with Gasteiger partial charge in [0, 0.05) is 24.8 Å². The van der Waals surface area contributed by atoms with E-state index in [1.54, 1.807) is 13.1 Å². The van der Waals surface area contributed by atoms with Crippen LogP contribution >= 0.6 is 0 Å². The van der Waals surface area contributed by atoms with E-state index >= 15 is 0 Å². The van der Waals surface area contributed by atoms with Crippen molar-refractivity contribution in [2.75, 3.05) is 11.9 Å². The Morgan fingerprint density at radius 3 is 2.80 bits per heavy atom. The second-order valence-corrected chi connectivity index (χ2v) is 4.29. The fourth-order valence-corrected chi connectivity index (χ4v) is 1.98. The SMILES string of the molecule is C[C@@H](O)c1cccnc1N(C)C1CCC1. The minimum Gasteiger partial charge on any atom is -0.389 e. The molecule has 1 aliphatic rings. The minimum absolute atomic E-state index is 0.448. The van der Waals surface area contributed by atoms with Crippen molar-refractivity contribution in [2.45, 2.75) is 38.3 Å². The Kier molecular flexibility index (Phi) is 2.91. The first-order chi connectivity index (χ1) is 7.20. The summed E-state index contributed by atoms with van der Waals surface area (Å²) >= 11 is 0. The number of rotatable bonds is 3. The van der Waals surface area contributed by atoms with Crippen molar-refractivity contribution in [3.05, 3.63) is 23.9 Å². The molecule has 82 valence electrons. The quantitative estimate of drug-likeness (QED) is 0.823. The van der Waals surface area contributed by atoms with Crippen molar-refractivity contribution < 1.29 is 5.11 Å². The average Bonchev–Trinajstić information content (AvgIpc) is 2.15. The van der Waals surface area contributed by atoms with E-state index in [9.17, 15) is 5.11 Å². The minimum atomic E-state index is -0.448. The first-order valence-corrected chi connectivity index (χ1v) is 5.56. The summed E-state index contributed by atoms with van der Waals surface area (Å²) in [7, 11) is 2.07. The van der Waals surface area contributed by atoms with Crippen LogP contribution in [0.5, 0.6) is 0 Å². The van der Waals surface area contributed by atoms with E-state index in [4.69, 9.17) is 0 Å². The fraction of sp³-hybridized carbons (Fsp3) is 0.583. The maximum Gasteiger partial charge on any atom is 0.134 e. The summed E-state index contributed by atoms with van der Waals surface area (Å²) < 4.78 is 0. The average molecular weight is 206 g/mol. The number of hydrogen-bond acceptors (Lipinski definition) is 3. The molecule has 0 unspecified atom stereocenters. The lowest BCUT2D eigenvalue weighted by molar-refractivity contribution is 0.199. The van der Waals surface area contributed by atoms with Gasteiger partial charge in [-0.05, 0) is 32.3 Å². The number of aliphatic hydroxyl groups is 1. The smallest absolute Gasteiger partial charge is 0.134 e. The van der Waals surface area contributed by atoms with Gasteiger partial charge in [-0.2, -0.15) is 0 Å². The Balaban J connectivity index is 2.25. The Morgan fingerprint density at radius 2 is 2.27 bits per heavy atom. The van der Waals surface area contributed by atoms with E-state index in [-0.39, 0.29) is 0 Å². The van der Waals surface area contributed by atoms with E-state index in [1.807, 2.05) is 12.1 Å². The van der Waals surface area contributed by atoms with Crippen LogP contribution in [-0.4, -0.2) is 23.2 Å². The number of aromatic nitrogens is 1. The summed E-state index contributed by atoms with van der Waals surface area (Å²) in [5.74, 6) is 0.928. The number of nitrogens with zero attached hydrogens (tertiary/aromatic N) is 2. The zero-order chi connectivity index (χ0) is 10.8. The summed E-state index contributed by atoms with van der Waals surface area (Å²) in [4.78, 5) is 6.57. The van der Waals surface area contributed by atoms with Gasteiger partial charge in [0.2, 0.25) is 0 Å². The Bertz CT molecular complexity index is 334. The van der Waals surface area contributed by atoms with Gasteiger partial charge in [0.15, 0.2) is 0 Å². The lowest BCUT2D eigenvalue weighted by Gasteiger charge is -2.36. The second kappa shape index (κ2) is 4.19. The van der Waals surface area contributed by atoms with Crippen molar-refractivity contribution in [1.29, 1.82) is 0 Å². The van der Waals surface area contributed by atoms with Crippen LogP contribution in [0, 0.1) is 0 Å². The van der Waals surface area contributed by atoms with Gasteiger partial charge in [0.05, 0.1) is 6.10 Å². The third kappa shape index (κ3) is 1.97. The predicted octanol–water partition coefficient (Wildman–Crippen LogP) is 2.12. The highest BCUT2D eigenvalue weighted by atomic mass is 16.3. The largest absolute Gasteiger partial charge is 0.389 e. The normalized spacial score (nSPS) is 18.3. The van der Waals surface area contributed by atoms with Gasteiger partial charge in [-0.15, -0.1) is 0 Å². The van der Waals surface area contributed by atoms with E-state index in [1.165, 1.54) is 19.3 Å². The summed E-state index contributed by atoms with van der Waals surface area (Å²) in [6.45, 7) is 1.79. The summed E-state index contributed by atoms with van der Waals surface area (Å²) in [6, 6.07) is 4.43. The standard InChI is InChI=1S/C12H18N2O/c1-9(15)11-7-4-8-13-12(11)14(2)10-5-3-6-10/h4,7-10,15H,3,5-6H2,1-2H3/t9-/m1/s1. The van der Waals surface area contributed by atoms with Crippen molar-refractivity contribution >= 4 is 5.82 Å². The van der Waals surface area contributed by atoms with Gasteiger partial charge >= 0.3 is 0 Å². The lowest BCUT2D eigenvalue weighted by Crippen LogP contribution is -2.38. The van der Waals surface area contributed by atoms with E-state index < -0.39 is 6.10 Å². The number of anilines is 1. The molecule has 1 N–H and O–H groups in total. The summed E-state index contributed by atoms with van der Waals surface area (Å²) in [5.41, 5.74) is 0.923. The van der Waals surface area contributed by atoms with Gasteiger partial charge in [-0.1, -0.05) is 6.07 Å². The van der Waals surface area contributed by atoms with Gasteiger partial charge in [0.25, 0.3) is 0 Å². The molecular formula is C12H18N2O. The van der Waals surface area contributed by atoms with Crippen LogP contribution < -0.4 is 4.90 Å². The van der Waals surface area contributed by atoms with Crippen molar-refractivity contribution in [1.82, 2.24) is 4.98 Å². The van der Waals surface area contributed by atoms with E-state index in [0.717, 1.165) is 11.4 Å². The molecule has 1 heterocycles. The topological polar surface area (TPSA) is 36.4 Å². The molecule has 1 aromatic rings. The number of hydrogen-bond donors (Lipinski definition) is 1. The second-order valence-electron chi connectivity index (χ2n) is 4.29. The van der Waals surface area contributed by atoms with Crippen LogP contribution in [0.1, 0.15) is 37.9 Å². The molecular weight excluding hydrogens is 188 g/mol. The Hall–Kier alpha value is -1.09. The molecule has 1 aromatic heterocycles. The lowest BCUT2D eigenvalue weighted by atomic mass is 9.91. The summed E-state index contributed by atoms with van der Waals surface area (Å²) in [5, 5.41) is 9.66. The van der Waals surface area contributed by atoms with Crippen LogP contribution in [0.4, 0.5) is 5.82 Å². The monoisotopic (exact) mass is 206 g/mol. The first-order valence-electron chi connectivity index (χ1n) is 5.56. The highest BCUT2D eigenvalue weighted by molar-refractivity contribution is 5.48. The summed E-state index contributed by atoms with van der Waals surface area (Å²) in [6.07, 6.45) is 5.14. The molecule has 2 rings (SSSR count). The molecule has 0 amide bonds. The van der Waals surface area contributed by atoms with Crippen molar-refractivity contribution in [3.63, 3.8) is 0 Å². The zero-order valence-corrected chi connectivity index (χ0v) is 9.35. The number of aliphatic hydroxyl groups excluding tert-OH is 1. The molecule has 1 atom stereocenters. The fourth-order valence-electron chi connectivity index (χ4n) is 1.98. The highest BCUT2D eigenvalue weighted by Gasteiger charge is 2.25. The molecule has 15 heavy (non-hydrogen) atoms. The third-order valence-electron chi connectivity index (χ3n) is 3.22. The number of pyridine rings is 1. The molecule has 0 spiro atoms. The Labute approximate surface area is 90.8 Å². The van der Waals surface area contributed by atoms with E-state index in [2.05, 4.69) is 16.9 Å². The maximum absolute atomic E-state index is 9.66. The van der Waals surface area contributed by atoms with Gasteiger partial charge in [-0.3, -0.25) is 0 Å². The molecule has 0 aliphatic heterocycles. The molecule has 1 fully saturated rings.